The van der Waals surface area contributed by atoms with E-state index in [4.69, 9.17) is 0 Å². The van der Waals surface area contributed by atoms with Gasteiger partial charge < -0.3 is 15.1 Å². The summed E-state index contributed by atoms with van der Waals surface area (Å²) in [5.41, 5.74) is 2.04. The molecule has 0 saturated heterocycles. The Labute approximate surface area is 164 Å². The second kappa shape index (κ2) is 8.12. The molecule has 0 radical (unpaired) electrons. The van der Waals surface area contributed by atoms with Crippen molar-refractivity contribution in [1.82, 2.24) is 14.9 Å². The number of aromatic nitrogens is 2. The van der Waals surface area contributed by atoms with Crippen molar-refractivity contribution in [2.45, 2.75) is 44.7 Å². The summed E-state index contributed by atoms with van der Waals surface area (Å²) in [5.74, 6) is 1.52. The van der Waals surface area contributed by atoms with Crippen LogP contribution in [0.1, 0.15) is 36.8 Å². The van der Waals surface area contributed by atoms with Gasteiger partial charge in [-0.3, -0.25) is 4.79 Å². The molecule has 1 saturated carbocycles. The normalized spacial score (nSPS) is 17.6. The first kappa shape index (κ1) is 18.7. The summed E-state index contributed by atoms with van der Waals surface area (Å²) in [4.78, 5) is 25.6. The van der Waals surface area contributed by atoms with Gasteiger partial charge in [0.25, 0.3) is 0 Å². The van der Waals surface area contributed by atoms with Crippen molar-refractivity contribution >= 4 is 17.5 Å². The van der Waals surface area contributed by atoms with Crippen molar-refractivity contribution in [3.8, 4) is 0 Å². The second-order valence-electron chi connectivity index (χ2n) is 7.64. The standard InChI is InChI=1S/C21H26FN5O/c1-26-13-19(28)27(17-4-2-3-5-17)12-18-20(24-14-25-21(18)26)23-11-10-15-6-8-16(22)9-7-15/h6-9,14,17H,2-5,10-13H2,1H3,(H,23,24,25). The third kappa shape index (κ3) is 3.93. The van der Waals surface area contributed by atoms with Gasteiger partial charge in [0.1, 0.15) is 23.8 Å². The Bertz CT molecular complexity index is 835. The maximum Gasteiger partial charge on any atom is 0.242 e. The molecular weight excluding hydrogens is 357 g/mol. The molecular formula is C21H26FN5O. The highest BCUT2D eigenvalue weighted by atomic mass is 19.1. The van der Waals surface area contributed by atoms with Gasteiger partial charge in [0.05, 0.1) is 18.7 Å². The zero-order chi connectivity index (χ0) is 19.5. The van der Waals surface area contributed by atoms with Crippen LogP contribution in [0.2, 0.25) is 0 Å². The van der Waals surface area contributed by atoms with Crippen LogP contribution >= 0.6 is 0 Å². The highest BCUT2D eigenvalue weighted by molar-refractivity contribution is 5.84. The Morgan fingerprint density at radius 2 is 1.89 bits per heavy atom. The predicted octanol–water partition coefficient (Wildman–Crippen LogP) is 2.99. The van der Waals surface area contributed by atoms with Gasteiger partial charge in [0.15, 0.2) is 0 Å². The van der Waals surface area contributed by atoms with Crippen LogP contribution in [0.25, 0.3) is 0 Å². The van der Waals surface area contributed by atoms with Gasteiger partial charge >= 0.3 is 0 Å². The summed E-state index contributed by atoms with van der Waals surface area (Å²) in [5, 5.41) is 3.40. The Balaban J connectivity index is 1.52. The highest BCUT2D eigenvalue weighted by Crippen LogP contribution is 2.32. The first-order valence-corrected chi connectivity index (χ1v) is 9.94. The number of carbonyl (C=O) groups is 1. The first-order valence-electron chi connectivity index (χ1n) is 9.94. The van der Waals surface area contributed by atoms with Crippen LogP contribution in [0.4, 0.5) is 16.0 Å². The number of rotatable bonds is 5. The molecule has 4 rings (SSSR count). The minimum absolute atomic E-state index is 0.157. The molecule has 0 atom stereocenters. The van der Waals surface area contributed by atoms with Gasteiger partial charge in [-0.1, -0.05) is 25.0 Å². The summed E-state index contributed by atoms with van der Waals surface area (Å²) >= 11 is 0. The average molecular weight is 383 g/mol. The molecule has 1 amide bonds. The minimum atomic E-state index is -0.225. The number of nitrogens with one attached hydrogen (secondary N) is 1. The number of likely N-dealkylation sites (N-methyl/N-ethyl adjacent to an activating group) is 1. The molecule has 1 aromatic heterocycles. The van der Waals surface area contributed by atoms with Crippen molar-refractivity contribution in [3.05, 3.63) is 47.5 Å². The Hall–Kier alpha value is -2.70. The summed E-state index contributed by atoms with van der Waals surface area (Å²) in [7, 11) is 1.91. The van der Waals surface area contributed by atoms with Gasteiger partial charge in [0, 0.05) is 19.6 Å². The number of carbonyl (C=O) groups excluding carboxylic acids is 1. The number of hydrogen-bond acceptors (Lipinski definition) is 5. The van der Waals surface area contributed by atoms with E-state index < -0.39 is 0 Å². The van der Waals surface area contributed by atoms with Crippen molar-refractivity contribution in [2.24, 2.45) is 0 Å². The fourth-order valence-electron chi connectivity index (χ4n) is 4.18. The van der Waals surface area contributed by atoms with E-state index in [9.17, 15) is 9.18 Å². The molecule has 2 aromatic rings. The third-order valence-corrected chi connectivity index (χ3v) is 5.69. The summed E-state index contributed by atoms with van der Waals surface area (Å²) < 4.78 is 13.1. The molecule has 7 heteroatoms. The lowest BCUT2D eigenvalue weighted by Gasteiger charge is -2.28. The van der Waals surface area contributed by atoms with Crippen LogP contribution in [-0.4, -0.2) is 47.0 Å². The lowest BCUT2D eigenvalue weighted by atomic mass is 10.1. The SMILES string of the molecule is CN1CC(=O)N(C2CCCC2)Cc2c(NCCc3ccc(F)cc3)ncnc21. The molecule has 1 N–H and O–H groups in total. The highest BCUT2D eigenvalue weighted by Gasteiger charge is 2.32. The van der Waals surface area contributed by atoms with E-state index in [0.29, 0.717) is 25.7 Å². The monoisotopic (exact) mass is 383 g/mol. The molecule has 2 aliphatic rings. The molecule has 2 heterocycles. The van der Waals surface area contributed by atoms with Crippen molar-refractivity contribution in [1.29, 1.82) is 0 Å². The topological polar surface area (TPSA) is 61.4 Å². The van der Waals surface area contributed by atoms with Crippen LogP contribution in [0.15, 0.2) is 30.6 Å². The van der Waals surface area contributed by atoms with E-state index in [0.717, 1.165) is 42.0 Å². The molecule has 148 valence electrons. The van der Waals surface area contributed by atoms with E-state index in [1.807, 2.05) is 16.8 Å². The fraction of sp³-hybridized carbons (Fsp3) is 0.476. The molecule has 6 nitrogen and oxygen atoms in total. The van der Waals surface area contributed by atoms with Crippen LogP contribution in [-0.2, 0) is 17.8 Å². The molecule has 1 aromatic carbocycles. The lowest BCUT2D eigenvalue weighted by Crippen LogP contribution is -2.41. The van der Waals surface area contributed by atoms with Gasteiger partial charge in [-0.2, -0.15) is 0 Å². The number of anilines is 2. The van der Waals surface area contributed by atoms with Crippen molar-refractivity contribution in [2.75, 3.05) is 30.4 Å². The van der Waals surface area contributed by atoms with E-state index in [1.165, 1.54) is 25.0 Å². The quantitative estimate of drug-likeness (QED) is 0.860. The maximum absolute atomic E-state index is 13.1. The predicted molar refractivity (Wildman–Crippen MR) is 107 cm³/mol. The summed E-state index contributed by atoms with van der Waals surface area (Å²) in [6, 6.07) is 6.87. The number of amides is 1. The van der Waals surface area contributed by atoms with E-state index in [-0.39, 0.29) is 11.7 Å². The molecule has 1 aliphatic heterocycles. The molecule has 0 bridgehead atoms. The molecule has 28 heavy (non-hydrogen) atoms. The first-order chi connectivity index (χ1) is 13.6. The van der Waals surface area contributed by atoms with Crippen molar-refractivity contribution < 1.29 is 9.18 Å². The van der Waals surface area contributed by atoms with Gasteiger partial charge in [-0.15, -0.1) is 0 Å². The molecule has 1 fully saturated rings. The van der Waals surface area contributed by atoms with Crippen LogP contribution in [0.3, 0.4) is 0 Å². The number of halogens is 1. The zero-order valence-corrected chi connectivity index (χ0v) is 16.2. The second-order valence-corrected chi connectivity index (χ2v) is 7.64. The van der Waals surface area contributed by atoms with Crippen molar-refractivity contribution in [3.63, 3.8) is 0 Å². The Morgan fingerprint density at radius 1 is 1.14 bits per heavy atom. The zero-order valence-electron chi connectivity index (χ0n) is 16.2. The number of benzene rings is 1. The van der Waals surface area contributed by atoms with E-state index >= 15 is 0 Å². The fourth-order valence-corrected chi connectivity index (χ4v) is 4.18. The maximum atomic E-state index is 13.1. The van der Waals surface area contributed by atoms with Gasteiger partial charge in [-0.05, 0) is 37.0 Å². The van der Waals surface area contributed by atoms with E-state index in [2.05, 4.69) is 15.3 Å². The number of hydrogen-bond donors (Lipinski definition) is 1. The Kier molecular flexibility index (Phi) is 5.41. The lowest BCUT2D eigenvalue weighted by molar-refractivity contribution is -0.132. The minimum Gasteiger partial charge on any atom is -0.369 e. The smallest absolute Gasteiger partial charge is 0.242 e. The Morgan fingerprint density at radius 3 is 2.64 bits per heavy atom. The molecule has 1 aliphatic carbocycles. The largest absolute Gasteiger partial charge is 0.369 e. The number of nitrogens with zero attached hydrogens (tertiary/aromatic N) is 4. The molecule has 0 spiro atoms. The summed E-state index contributed by atoms with van der Waals surface area (Å²) in [6.45, 7) is 1.56. The average Bonchev–Trinajstić information content (AvgIpc) is 3.18. The van der Waals surface area contributed by atoms with Crippen LogP contribution in [0.5, 0.6) is 0 Å². The van der Waals surface area contributed by atoms with Gasteiger partial charge in [-0.25, -0.2) is 14.4 Å². The molecule has 0 unspecified atom stereocenters. The number of fused-ring (bicyclic) bond motifs is 1. The van der Waals surface area contributed by atoms with Crippen LogP contribution in [0, 0.1) is 5.82 Å². The third-order valence-electron chi connectivity index (χ3n) is 5.69. The van der Waals surface area contributed by atoms with E-state index in [1.54, 1.807) is 18.5 Å². The van der Waals surface area contributed by atoms with Crippen LogP contribution < -0.4 is 10.2 Å². The van der Waals surface area contributed by atoms with Gasteiger partial charge in [0.2, 0.25) is 5.91 Å². The summed E-state index contributed by atoms with van der Waals surface area (Å²) in [6.07, 6.45) is 6.83.